The number of esters is 1. The van der Waals surface area contributed by atoms with E-state index in [1.165, 1.54) is 25.1 Å². The zero-order chi connectivity index (χ0) is 14.6. The van der Waals surface area contributed by atoms with Gasteiger partial charge in [-0.15, -0.1) is 0 Å². The van der Waals surface area contributed by atoms with Crippen LogP contribution in [0.3, 0.4) is 0 Å². The number of carbonyl (C=O) groups is 3. The van der Waals surface area contributed by atoms with Crippen LogP contribution in [0.4, 0.5) is 0 Å². The lowest BCUT2D eigenvalue weighted by atomic mass is 10.0. The van der Waals surface area contributed by atoms with Crippen molar-refractivity contribution in [1.29, 1.82) is 0 Å². The van der Waals surface area contributed by atoms with E-state index in [-0.39, 0.29) is 23.5 Å². The van der Waals surface area contributed by atoms with Gasteiger partial charge in [0.1, 0.15) is 5.78 Å². The number of benzene rings is 1. The highest BCUT2D eigenvalue weighted by atomic mass is 79.9. The molecule has 0 bridgehead atoms. The van der Waals surface area contributed by atoms with Gasteiger partial charge in [0.2, 0.25) is 0 Å². The summed E-state index contributed by atoms with van der Waals surface area (Å²) in [5, 5.41) is 9.12. The predicted molar refractivity (Wildman–Crippen MR) is 71.7 cm³/mol. The van der Waals surface area contributed by atoms with Gasteiger partial charge in [-0.25, -0.2) is 9.59 Å². The average Bonchev–Trinajstić information content (AvgIpc) is 2.37. The van der Waals surface area contributed by atoms with Crippen LogP contribution in [0.5, 0.6) is 0 Å². The molecule has 1 N–H and O–H groups in total. The highest BCUT2D eigenvalue weighted by Gasteiger charge is 2.21. The molecule has 1 atom stereocenters. The SMILES string of the molecule is CCOC(=O)c1ccc(C(Br)C(C)=O)cc1C(=O)O. The maximum absolute atomic E-state index is 11.6. The minimum absolute atomic E-state index is 0.0265. The number of hydrogen-bond acceptors (Lipinski definition) is 4. The molecule has 0 spiro atoms. The molecule has 1 aromatic rings. The molecule has 0 heterocycles. The van der Waals surface area contributed by atoms with E-state index in [4.69, 9.17) is 9.84 Å². The zero-order valence-electron chi connectivity index (χ0n) is 10.5. The Morgan fingerprint density at radius 3 is 2.42 bits per heavy atom. The smallest absolute Gasteiger partial charge is 0.338 e. The number of alkyl halides is 1. The third-order valence-corrected chi connectivity index (χ3v) is 3.59. The second kappa shape index (κ2) is 6.47. The third-order valence-electron chi connectivity index (χ3n) is 2.42. The van der Waals surface area contributed by atoms with Gasteiger partial charge in [0.25, 0.3) is 0 Å². The number of halogens is 1. The number of rotatable bonds is 5. The van der Waals surface area contributed by atoms with Gasteiger partial charge < -0.3 is 9.84 Å². The molecule has 0 aromatic heterocycles. The molecule has 0 saturated heterocycles. The van der Waals surface area contributed by atoms with Crippen molar-refractivity contribution in [2.24, 2.45) is 0 Å². The molecular weight excluding hydrogens is 316 g/mol. The van der Waals surface area contributed by atoms with Crippen LogP contribution in [0.25, 0.3) is 0 Å². The molecule has 102 valence electrons. The van der Waals surface area contributed by atoms with Crippen LogP contribution in [-0.2, 0) is 9.53 Å². The first-order valence-electron chi connectivity index (χ1n) is 5.57. The van der Waals surface area contributed by atoms with Crippen LogP contribution in [0.1, 0.15) is 45.0 Å². The minimum Gasteiger partial charge on any atom is -0.478 e. The number of carbonyl (C=O) groups excluding carboxylic acids is 2. The van der Waals surface area contributed by atoms with Gasteiger partial charge in [-0.2, -0.15) is 0 Å². The van der Waals surface area contributed by atoms with E-state index >= 15 is 0 Å². The topological polar surface area (TPSA) is 80.7 Å². The monoisotopic (exact) mass is 328 g/mol. The number of aromatic carboxylic acids is 1. The Balaban J connectivity index is 3.26. The highest BCUT2D eigenvalue weighted by Crippen LogP contribution is 2.26. The lowest BCUT2D eigenvalue weighted by molar-refractivity contribution is -0.116. The molecule has 1 unspecified atom stereocenters. The maximum Gasteiger partial charge on any atom is 0.338 e. The molecule has 0 fully saturated rings. The lowest BCUT2D eigenvalue weighted by Gasteiger charge is -2.10. The van der Waals surface area contributed by atoms with E-state index in [0.29, 0.717) is 5.56 Å². The Labute approximate surface area is 118 Å². The standard InChI is InChI=1S/C13H13BrO5/c1-3-19-13(18)9-5-4-8(11(14)7(2)15)6-10(9)12(16)17/h4-6,11H,3H2,1-2H3,(H,16,17). The molecule has 0 amide bonds. The second-order valence-electron chi connectivity index (χ2n) is 3.80. The quantitative estimate of drug-likeness (QED) is 0.663. The van der Waals surface area contributed by atoms with Crippen LogP contribution in [-0.4, -0.2) is 29.4 Å². The summed E-state index contributed by atoms with van der Waals surface area (Å²) in [6.45, 7) is 3.18. The molecule has 19 heavy (non-hydrogen) atoms. The Bertz CT molecular complexity index is 524. The largest absolute Gasteiger partial charge is 0.478 e. The lowest BCUT2D eigenvalue weighted by Crippen LogP contribution is -2.13. The summed E-state index contributed by atoms with van der Waals surface area (Å²) in [5.74, 6) is -2.09. The minimum atomic E-state index is -1.24. The molecule has 0 aliphatic heterocycles. The van der Waals surface area contributed by atoms with E-state index in [1.807, 2.05) is 0 Å². The fourth-order valence-electron chi connectivity index (χ4n) is 1.52. The summed E-state index contributed by atoms with van der Waals surface area (Å²) in [6.07, 6.45) is 0. The van der Waals surface area contributed by atoms with E-state index < -0.39 is 16.8 Å². The summed E-state index contributed by atoms with van der Waals surface area (Å²) < 4.78 is 4.79. The van der Waals surface area contributed by atoms with E-state index in [2.05, 4.69) is 15.9 Å². The number of carboxylic acids is 1. The average molecular weight is 329 g/mol. The maximum atomic E-state index is 11.6. The fourth-order valence-corrected chi connectivity index (χ4v) is 1.80. The number of ether oxygens (including phenoxy) is 1. The normalized spacial score (nSPS) is 11.7. The summed E-state index contributed by atoms with van der Waals surface area (Å²) in [4.78, 5) is 33.5. The van der Waals surface area contributed by atoms with Crippen LogP contribution in [0.15, 0.2) is 18.2 Å². The van der Waals surface area contributed by atoms with Gasteiger partial charge >= 0.3 is 11.9 Å². The first-order valence-corrected chi connectivity index (χ1v) is 6.49. The van der Waals surface area contributed by atoms with Crippen molar-refractivity contribution in [3.05, 3.63) is 34.9 Å². The molecule has 0 radical (unpaired) electrons. The molecule has 1 rings (SSSR count). The molecule has 0 saturated carbocycles. The summed E-state index contributed by atoms with van der Waals surface area (Å²) in [6, 6.07) is 4.18. The Hall–Kier alpha value is -1.69. The van der Waals surface area contributed by atoms with Crippen LogP contribution in [0.2, 0.25) is 0 Å². The molecular formula is C13H13BrO5. The van der Waals surface area contributed by atoms with Gasteiger partial charge in [-0.1, -0.05) is 22.0 Å². The number of hydrogen-bond donors (Lipinski definition) is 1. The Morgan fingerprint density at radius 2 is 1.95 bits per heavy atom. The van der Waals surface area contributed by atoms with Crippen molar-refractivity contribution in [2.75, 3.05) is 6.61 Å². The molecule has 5 nitrogen and oxygen atoms in total. The number of Topliss-reactive ketones (excluding diaryl/α,β-unsaturated/α-hetero) is 1. The first kappa shape index (κ1) is 15.4. The van der Waals surface area contributed by atoms with Crippen molar-refractivity contribution < 1.29 is 24.2 Å². The van der Waals surface area contributed by atoms with Gasteiger partial charge in [-0.3, -0.25) is 4.79 Å². The van der Waals surface area contributed by atoms with Crippen LogP contribution in [0, 0.1) is 0 Å². The highest BCUT2D eigenvalue weighted by molar-refractivity contribution is 9.09. The third kappa shape index (κ3) is 3.64. The van der Waals surface area contributed by atoms with E-state index in [0.717, 1.165) is 0 Å². The molecule has 0 aliphatic carbocycles. The van der Waals surface area contributed by atoms with Crippen LogP contribution < -0.4 is 0 Å². The molecule has 0 aliphatic rings. The number of ketones is 1. The Kier molecular flexibility index (Phi) is 5.23. The van der Waals surface area contributed by atoms with Crippen molar-refractivity contribution in [3.63, 3.8) is 0 Å². The van der Waals surface area contributed by atoms with E-state index in [1.54, 1.807) is 6.92 Å². The van der Waals surface area contributed by atoms with Gasteiger partial charge in [0.15, 0.2) is 0 Å². The Morgan fingerprint density at radius 1 is 1.32 bits per heavy atom. The summed E-state index contributed by atoms with van der Waals surface area (Å²) >= 11 is 3.17. The predicted octanol–water partition coefficient (Wildman–Crippen LogP) is 2.59. The van der Waals surface area contributed by atoms with Gasteiger partial charge in [0.05, 0.1) is 22.6 Å². The molecule has 6 heteroatoms. The zero-order valence-corrected chi connectivity index (χ0v) is 12.1. The molecule has 1 aromatic carbocycles. The summed E-state index contributed by atoms with van der Waals surface area (Å²) in [7, 11) is 0. The van der Waals surface area contributed by atoms with Crippen molar-refractivity contribution in [2.45, 2.75) is 18.7 Å². The van der Waals surface area contributed by atoms with Gasteiger partial charge in [-0.05, 0) is 31.5 Å². The van der Waals surface area contributed by atoms with Crippen molar-refractivity contribution in [3.8, 4) is 0 Å². The van der Waals surface area contributed by atoms with E-state index in [9.17, 15) is 14.4 Å². The summed E-state index contributed by atoms with van der Waals surface area (Å²) in [5.41, 5.74) is 0.279. The van der Waals surface area contributed by atoms with Crippen LogP contribution >= 0.6 is 15.9 Å². The fraction of sp³-hybridized carbons (Fsp3) is 0.308. The van der Waals surface area contributed by atoms with Gasteiger partial charge in [0, 0.05) is 0 Å². The first-order chi connectivity index (χ1) is 8.88. The number of carboxylic acid groups (broad SMARTS) is 1. The second-order valence-corrected chi connectivity index (χ2v) is 4.72. The van der Waals surface area contributed by atoms with Crippen molar-refractivity contribution in [1.82, 2.24) is 0 Å². The van der Waals surface area contributed by atoms with Crippen molar-refractivity contribution >= 4 is 33.7 Å².